The van der Waals surface area contributed by atoms with Gasteiger partial charge in [-0.3, -0.25) is 4.90 Å². The average Bonchev–Trinajstić information content (AvgIpc) is 3.04. The first kappa shape index (κ1) is 14.2. The number of rotatable bonds is 6. The second-order valence-electron chi connectivity index (χ2n) is 4.03. The second-order valence-corrected chi connectivity index (χ2v) is 6.06. The number of thiophene rings is 1. The minimum Gasteiger partial charge on any atom is -0.477 e. The van der Waals surface area contributed by atoms with E-state index in [1.807, 2.05) is 17.5 Å². The molecule has 6 heteroatoms. The second kappa shape index (κ2) is 6.27. The van der Waals surface area contributed by atoms with Crippen molar-refractivity contribution in [2.24, 2.45) is 0 Å². The Labute approximate surface area is 120 Å². The van der Waals surface area contributed by atoms with Gasteiger partial charge in [-0.2, -0.15) is 0 Å². The summed E-state index contributed by atoms with van der Waals surface area (Å²) in [6.45, 7) is 6.77. The summed E-state index contributed by atoms with van der Waals surface area (Å²) in [5, 5.41) is 12.1. The Bertz CT molecular complexity index is 545. The van der Waals surface area contributed by atoms with Gasteiger partial charge >= 0.3 is 5.97 Å². The van der Waals surface area contributed by atoms with Crippen molar-refractivity contribution in [2.75, 3.05) is 13.1 Å². The Morgan fingerprint density at radius 3 is 2.68 bits per heavy atom. The first-order valence-electron chi connectivity index (χ1n) is 6.14. The number of thiazole rings is 1. The molecular formula is C13H16N2O2S2. The molecule has 0 amide bonds. The molecule has 0 fully saturated rings. The van der Waals surface area contributed by atoms with Crippen LogP contribution in [-0.4, -0.2) is 34.0 Å². The van der Waals surface area contributed by atoms with E-state index in [0.717, 1.165) is 23.0 Å². The summed E-state index contributed by atoms with van der Waals surface area (Å²) in [5.74, 6) is -0.897. The summed E-state index contributed by atoms with van der Waals surface area (Å²) in [5.41, 5.74) is 0.606. The minimum atomic E-state index is -0.897. The standard InChI is InChI=1S/C13H16N2O2S2/c1-3-15(4-2)8-10-14-11(9-6-5-7-18-9)12(19-10)13(16)17/h5-7H,3-4,8H2,1-2H3,(H,16,17). The fourth-order valence-corrected chi connectivity index (χ4v) is 3.54. The monoisotopic (exact) mass is 296 g/mol. The highest BCUT2D eigenvalue weighted by molar-refractivity contribution is 7.16. The molecule has 0 bridgehead atoms. The van der Waals surface area contributed by atoms with Crippen LogP contribution in [0.15, 0.2) is 17.5 Å². The van der Waals surface area contributed by atoms with Crippen LogP contribution < -0.4 is 0 Å². The number of hydrogen-bond acceptors (Lipinski definition) is 5. The van der Waals surface area contributed by atoms with E-state index in [4.69, 9.17) is 0 Å². The number of aromatic carboxylic acids is 1. The third-order valence-corrected chi connectivity index (χ3v) is 4.78. The minimum absolute atomic E-state index is 0.338. The zero-order valence-electron chi connectivity index (χ0n) is 10.9. The summed E-state index contributed by atoms with van der Waals surface area (Å²) in [6.07, 6.45) is 0. The SMILES string of the molecule is CCN(CC)Cc1nc(-c2cccs2)c(C(=O)O)s1. The summed E-state index contributed by atoms with van der Waals surface area (Å²) >= 11 is 2.80. The van der Waals surface area contributed by atoms with Crippen LogP contribution >= 0.6 is 22.7 Å². The number of aromatic nitrogens is 1. The maximum absolute atomic E-state index is 11.3. The fraction of sp³-hybridized carbons (Fsp3) is 0.385. The highest BCUT2D eigenvalue weighted by Crippen LogP contribution is 2.31. The average molecular weight is 296 g/mol. The zero-order valence-corrected chi connectivity index (χ0v) is 12.6. The van der Waals surface area contributed by atoms with Crippen molar-refractivity contribution < 1.29 is 9.90 Å². The Morgan fingerprint density at radius 2 is 2.16 bits per heavy atom. The summed E-state index contributed by atoms with van der Waals surface area (Å²) in [6, 6.07) is 3.82. The molecule has 0 spiro atoms. The van der Waals surface area contributed by atoms with Crippen molar-refractivity contribution in [3.63, 3.8) is 0 Å². The van der Waals surface area contributed by atoms with E-state index in [9.17, 15) is 9.90 Å². The van der Waals surface area contributed by atoms with Gasteiger partial charge in [0.15, 0.2) is 0 Å². The third-order valence-electron chi connectivity index (χ3n) is 2.87. The molecule has 0 atom stereocenters. The van der Waals surface area contributed by atoms with Crippen LogP contribution in [0.2, 0.25) is 0 Å². The van der Waals surface area contributed by atoms with E-state index >= 15 is 0 Å². The zero-order chi connectivity index (χ0) is 13.8. The maximum Gasteiger partial charge on any atom is 0.348 e. The van der Waals surface area contributed by atoms with Gasteiger partial charge in [0.25, 0.3) is 0 Å². The number of hydrogen-bond donors (Lipinski definition) is 1. The smallest absolute Gasteiger partial charge is 0.348 e. The van der Waals surface area contributed by atoms with Crippen molar-refractivity contribution in [3.8, 4) is 10.6 Å². The molecule has 0 unspecified atom stereocenters. The lowest BCUT2D eigenvalue weighted by Gasteiger charge is -2.15. The summed E-state index contributed by atoms with van der Waals surface area (Å²) in [7, 11) is 0. The molecule has 4 nitrogen and oxygen atoms in total. The molecule has 0 aromatic carbocycles. The van der Waals surface area contributed by atoms with Crippen LogP contribution in [0.1, 0.15) is 28.5 Å². The molecule has 0 saturated heterocycles. The fourth-order valence-electron chi connectivity index (χ4n) is 1.80. The van der Waals surface area contributed by atoms with E-state index in [2.05, 4.69) is 23.7 Å². The topological polar surface area (TPSA) is 53.4 Å². The number of carboxylic acids is 1. The lowest BCUT2D eigenvalue weighted by atomic mass is 10.3. The first-order chi connectivity index (χ1) is 9.15. The van der Waals surface area contributed by atoms with Crippen molar-refractivity contribution in [3.05, 3.63) is 27.4 Å². The molecule has 19 heavy (non-hydrogen) atoms. The predicted octanol–water partition coefficient (Wildman–Crippen LogP) is 3.41. The first-order valence-corrected chi connectivity index (χ1v) is 7.84. The summed E-state index contributed by atoms with van der Waals surface area (Å²) in [4.78, 5) is 19.3. The van der Waals surface area contributed by atoms with Crippen molar-refractivity contribution in [1.82, 2.24) is 9.88 Å². The van der Waals surface area contributed by atoms with Gasteiger partial charge in [-0.1, -0.05) is 19.9 Å². The van der Waals surface area contributed by atoms with Crippen molar-refractivity contribution in [2.45, 2.75) is 20.4 Å². The molecule has 2 aromatic heterocycles. The number of carboxylic acid groups (broad SMARTS) is 1. The van der Waals surface area contributed by atoms with Crippen LogP contribution in [0.4, 0.5) is 0 Å². The van der Waals surface area contributed by atoms with Gasteiger partial charge in [0.2, 0.25) is 0 Å². The van der Waals surface area contributed by atoms with Crippen LogP contribution in [0.25, 0.3) is 10.6 Å². The Kier molecular flexibility index (Phi) is 4.68. The van der Waals surface area contributed by atoms with Gasteiger partial charge in [-0.05, 0) is 24.5 Å². The Balaban J connectivity index is 2.33. The molecule has 2 heterocycles. The molecule has 102 valence electrons. The highest BCUT2D eigenvalue weighted by atomic mass is 32.1. The van der Waals surface area contributed by atoms with Gasteiger partial charge in [0, 0.05) is 0 Å². The van der Waals surface area contributed by atoms with Crippen molar-refractivity contribution >= 4 is 28.6 Å². The van der Waals surface area contributed by atoms with Crippen LogP contribution in [0, 0.1) is 0 Å². The number of carbonyl (C=O) groups is 1. The Hall–Kier alpha value is -1.24. The van der Waals surface area contributed by atoms with E-state index in [-0.39, 0.29) is 0 Å². The molecule has 0 radical (unpaired) electrons. The lowest BCUT2D eigenvalue weighted by molar-refractivity contribution is 0.0703. The molecule has 0 aliphatic carbocycles. The van der Waals surface area contributed by atoms with Gasteiger partial charge in [0.05, 0.1) is 11.4 Å². The van der Waals surface area contributed by atoms with Crippen LogP contribution in [0.5, 0.6) is 0 Å². The van der Waals surface area contributed by atoms with Gasteiger partial charge in [0.1, 0.15) is 15.6 Å². The third kappa shape index (κ3) is 3.20. The molecule has 0 aliphatic heterocycles. The normalized spacial score (nSPS) is 11.1. The molecule has 2 aromatic rings. The Morgan fingerprint density at radius 1 is 1.42 bits per heavy atom. The molecule has 2 rings (SSSR count). The quantitative estimate of drug-likeness (QED) is 0.887. The van der Waals surface area contributed by atoms with E-state index in [0.29, 0.717) is 17.1 Å². The van der Waals surface area contributed by atoms with E-state index in [1.165, 1.54) is 22.7 Å². The highest BCUT2D eigenvalue weighted by Gasteiger charge is 2.20. The lowest BCUT2D eigenvalue weighted by Crippen LogP contribution is -2.21. The van der Waals surface area contributed by atoms with E-state index in [1.54, 1.807) is 0 Å². The predicted molar refractivity (Wildman–Crippen MR) is 79.0 cm³/mol. The van der Waals surface area contributed by atoms with Gasteiger partial charge in [-0.15, -0.1) is 22.7 Å². The van der Waals surface area contributed by atoms with Crippen molar-refractivity contribution in [1.29, 1.82) is 0 Å². The van der Waals surface area contributed by atoms with Crippen LogP contribution in [-0.2, 0) is 6.54 Å². The van der Waals surface area contributed by atoms with Gasteiger partial charge < -0.3 is 5.11 Å². The maximum atomic E-state index is 11.3. The molecule has 0 saturated carbocycles. The van der Waals surface area contributed by atoms with Gasteiger partial charge in [-0.25, -0.2) is 9.78 Å². The summed E-state index contributed by atoms with van der Waals surface area (Å²) < 4.78 is 0. The molecule has 1 N–H and O–H groups in total. The van der Waals surface area contributed by atoms with Crippen LogP contribution in [0.3, 0.4) is 0 Å². The molecule has 0 aliphatic rings. The molecular weight excluding hydrogens is 280 g/mol. The largest absolute Gasteiger partial charge is 0.477 e. The number of nitrogens with zero attached hydrogens (tertiary/aromatic N) is 2. The van der Waals surface area contributed by atoms with E-state index < -0.39 is 5.97 Å².